The van der Waals surface area contributed by atoms with Gasteiger partial charge < -0.3 is 5.32 Å². The molecule has 1 fully saturated rings. The maximum Gasteiger partial charge on any atom is 0.124 e. The molecule has 1 nitrogen and oxygen atoms in total. The van der Waals surface area contributed by atoms with Crippen LogP contribution in [0, 0.1) is 5.82 Å². The first-order valence-corrected chi connectivity index (χ1v) is 6.13. The van der Waals surface area contributed by atoms with E-state index in [0.717, 1.165) is 10.5 Å². The fourth-order valence-electron chi connectivity index (χ4n) is 1.85. The van der Waals surface area contributed by atoms with Crippen LogP contribution in [0.2, 0.25) is 0 Å². The molecule has 0 bridgehead atoms. The number of thioether (sulfide) groups is 1. The van der Waals surface area contributed by atoms with Gasteiger partial charge in [0.15, 0.2) is 0 Å². The predicted molar refractivity (Wildman–Crippen MR) is 65.7 cm³/mol. The highest BCUT2D eigenvalue weighted by Gasteiger charge is 2.25. The summed E-state index contributed by atoms with van der Waals surface area (Å²) in [4.78, 5) is 0.883. The van der Waals surface area contributed by atoms with Gasteiger partial charge in [-0.05, 0) is 36.4 Å². The molecule has 0 saturated carbocycles. The molecule has 5 heteroatoms. The van der Waals surface area contributed by atoms with Crippen molar-refractivity contribution in [2.24, 2.45) is 0 Å². The van der Waals surface area contributed by atoms with Crippen LogP contribution in [-0.2, 0) is 0 Å². The van der Waals surface area contributed by atoms with E-state index in [4.69, 9.17) is 0 Å². The first-order chi connectivity index (χ1) is 7.19. The lowest BCUT2D eigenvalue weighted by molar-refractivity contribution is 0.356. The summed E-state index contributed by atoms with van der Waals surface area (Å²) in [5.41, 5.74) is 0.847. The monoisotopic (exact) mass is 265 g/mol. The molecule has 16 heavy (non-hydrogen) atoms. The molecular weight excluding hydrogens is 252 g/mol. The van der Waals surface area contributed by atoms with E-state index in [0.29, 0.717) is 13.0 Å². The predicted octanol–water partition coefficient (Wildman–Crippen LogP) is 3.34. The summed E-state index contributed by atoms with van der Waals surface area (Å²) in [6.45, 7) is 0.371. The van der Waals surface area contributed by atoms with Gasteiger partial charge in [-0.1, -0.05) is 0 Å². The average Bonchev–Trinajstić information content (AvgIpc) is 2.64. The van der Waals surface area contributed by atoms with Crippen LogP contribution in [0.15, 0.2) is 23.1 Å². The Morgan fingerprint density at radius 3 is 2.69 bits per heavy atom. The highest BCUT2D eigenvalue weighted by molar-refractivity contribution is 7.98. The molecule has 1 N–H and O–H groups in total. The van der Waals surface area contributed by atoms with Crippen molar-refractivity contribution in [2.45, 2.75) is 23.5 Å². The normalized spacial score (nSPS) is 24.2. The van der Waals surface area contributed by atoms with Crippen LogP contribution in [0.4, 0.5) is 8.78 Å². The highest BCUT2D eigenvalue weighted by atomic mass is 35.5. The first-order valence-electron chi connectivity index (χ1n) is 4.91. The van der Waals surface area contributed by atoms with E-state index in [1.54, 1.807) is 0 Å². The van der Waals surface area contributed by atoms with Gasteiger partial charge in [0.2, 0.25) is 0 Å². The molecule has 90 valence electrons. The zero-order valence-corrected chi connectivity index (χ0v) is 10.5. The average molecular weight is 266 g/mol. The summed E-state index contributed by atoms with van der Waals surface area (Å²) in [6, 6.07) is 4.86. The van der Waals surface area contributed by atoms with Crippen LogP contribution in [0.1, 0.15) is 18.0 Å². The molecule has 1 aromatic rings. The second kappa shape index (κ2) is 5.84. The van der Waals surface area contributed by atoms with E-state index >= 15 is 0 Å². The Morgan fingerprint density at radius 1 is 1.38 bits per heavy atom. The van der Waals surface area contributed by atoms with Crippen molar-refractivity contribution < 1.29 is 8.78 Å². The van der Waals surface area contributed by atoms with E-state index in [2.05, 4.69) is 5.32 Å². The molecule has 1 aliphatic rings. The van der Waals surface area contributed by atoms with Gasteiger partial charge in [-0.15, -0.1) is 24.2 Å². The van der Waals surface area contributed by atoms with Gasteiger partial charge in [0.05, 0.1) is 0 Å². The summed E-state index contributed by atoms with van der Waals surface area (Å²) in [6.07, 6.45) is 1.53. The Bertz CT molecular complexity index is 362. The number of nitrogens with one attached hydrogen (secondary N) is 1. The third-order valence-corrected chi connectivity index (χ3v) is 3.32. The molecule has 1 heterocycles. The van der Waals surface area contributed by atoms with Crippen LogP contribution in [0.3, 0.4) is 0 Å². The minimum Gasteiger partial charge on any atom is -0.307 e. The largest absolute Gasteiger partial charge is 0.307 e. The summed E-state index contributed by atoms with van der Waals surface area (Å²) in [5, 5.41) is 3.05. The third kappa shape index (κ3) is 3.09. The SMILES string of the molecule is CSc1cc(F)cc([C@H]2C[C@H](F)CN2)c1.Cl. The van der Waals surface area contributed by atoms with Crippen molar-refractivity contribution in [3.8, 4) is 0 Å². The fourth-order valence-corrected chi connectivity index (χ4v) is 2.33. The number of halogens is 3. The van der Waals surface area contributed by atoms with Gasteiger partial charge in [-0.25, -0.2) is 8.78 Å². The minimum absolute atomic E-state index is 0. The Labute approximate surface area is 104 Å². The van der Waals surface area contributed by atoms with Crippen LogP contribution >= 0.6 is 24.2 Å². The van der Waals surface area contributed by atoms with Crippen molar-refractivity contribution in [3.05, 3.63) is 29.6 Å². The molecule has 2 atom stereocenters. The molecule has 2 rings (SSSR count). The zero-order chi connectivity index (χ0) is 10.8. The van der Waals surface area contributed by atoms with Gasteiger partial charge in [0.25, 0.3) is 0 Å². The topological polar surface area (TPSA) is 12.0 Å². The zero-order valence-electron chi connectivity index (χ0n) is 8.87. The third-order valence-electron chi connectivity index (χ3n) is 2.61. The Hall–Kier alpha value is -0.320. The maximum atomic E-state index is 13.2. The Balaban J connectivity index is 0.00000128. The molecule has 0 aliphatic carbocycles. The number of rotatable bonds is 2. The van der Waals surface area contributed by atoms with Gasteiger partial charge in [0.1, 0.15) is 12.0 Å². The van der Waals surface area contributed by atoms with Crippen molar-refractivity contribution in [1.29, 1.82) is 0 Å². The molecule has 0 spiro atoms. The smallest absolute Gasteiger partial charge is 0.124 e. The second-order valence-electron chi connectivity index (χ2n) is 3.72. The summed E-state index contributed by atoms with van der Waals surface area (Å²) >= 11 is 1.50. The van der Waals surface area contributed by atoms with Crippen molar-refractivity contribution in [1.82, 2.24) is 5.32 Å². The van der Waals surface area contributed by atoms with Crippen LogP contribution in [0.5, 0.6) is 0 Å². The van der Waals surface area contributed by atoms with E-state index in [9.17, 15) is 8.78 Å². The van der Waals surface area contributed by atoms with Gasteiger partial charge in [0, 0.05) is 17.5 Å². The highest BCUT2D eigenvalue weighted by Crippen LogP contribution is 2.28. The molecule has 0 aromatic heterocycles. The molecular formula is C11H14ClF2NS. The number of hydrogen-bond acceptors (Lipinski definition) is 2. The fraction of sp³-hybridized carbons (Fsp3) is 0.455. The molecule has 1 aliphatic heterocycles. The number of alkyl halides is 1. The van der Waals surface area contributed by atoms with Crippen LogP contribution < -0.4 is 5.32 Å². The summed E-state index contributed by atoms with van der Waals surface area (Å²) < 4.78 is 26.2. The molecule has 0 unspecified atom stereocenters. The van der Waals surface area contributed by atoms with Crippen molar-refractivity contribution in [3.63, 3.8) is 0 Å². The van der Waals surface area contributed by atoms with Gasteiger partial charge in [-0.3, -0.25) is 0 Å². The second-order valence-corrected chi connectivity index (χ2v) is 4.60. The van der Waals surface area contributed by atoms with E-state index in [1.165, 1.54) is 23.9 Å². The summed E-state index contributed by atoms with van der Waals surface area (Å²) in [5.74, 6) is -0.249. The molecule has 0 radical (unpaired) electrons. The Morgan fingerprint density at radius 2 is 2.12 bits per heavy atom. The number of benzene rings is 1. The lowest BCUT2D eigenvalue weighted by Crippen LogP contribution is -2.14. The number of hydrogen-bond donors (Lipinski definition) is 1. The Kier molecular flexibility index (Phi) is 5.02. The van der Waals surface area contributed by atoms with Crippen molar-refractivity contribution >= 4 is 24.2 Å². The standard InChI is InChI=1S/C11H13F2NS.ClH/c1-15-10-3-7(2-8(12)4-10)11-5-9(13)6-14-11;/h2-4,9,11,14H,5-6H2,1H3;1H/t9-,11+;/m0./s1. The van der Waals surface area contributed by atoms with E-state index < -0.39 is 6.17 Å². The molecule has 1 saturated heterocycles. The van der Waals surface area contributed by atoms with E-state index in [-0.39, 0.29) is 24.3 Å². The van der Waals surface area contributed by atoms with Gasteiger partial charge >= 0.3 is 0 Å². The lowest BCUT2D eigenvalue weighted by Gasteiger charge is -2.11. The molecule has 1 aromatic carbocycles. The maximum absolute atomic E-state index is 13.2. The molecule has 0 amide bonds. The first kappa shape index (κ1) is 13.7. The lowest BCUT2D eigenvalue weighted by atomic mass is 10.1. The van der Waals surface area contributed by atoms with Crippen LogP contribution in [-0.4, -0.2) is 19.0 Å². The minimum atomic E-state index is -0.809. The van der Waals surface area contributed by atoms with Crippen LogP contribution in [0.25, 0.3) is 0 Å². The van der Waals surface area contributed by atoms with Crippen molar-refractivity contribution in [2.75, 3.05) is 12.8 Å². The quantitative estimate of drug-likeness (QED) is 0.823. The summed E-state index contributed by atoms with van der Waals surface area (Å²) in [7, 11) is 0. The van der Waals surface area contributed by atoms with E-state index in [1.807, 2.05) is 12.3 Å². The van der Waals surface area contributed by atoms with Gasteiger partial charge in [-0.2, -0.15) is 0 Å².